The van der Waals surface area contributed by atoms with Crippen LogP contribution in [0.3, 0.4) is 0 Å². The number of nitrogens with zero attached hydrogens (tertiary/aromatic N) is 2. The van der Waals surface area contributed by atoms with Gasteiger partial charge in [0.05, 0.1) is 19.6 Å². The number of rotatable bonds is 5. The summed E-state index contributed by atoms with van der Waals surface area (Å²) in [4.78, 5) is 30.8. The lowest BCUT2D eigenvalue weighted by Gasteiger charge is -2.31. The Morgan fingerprint density at radius 3 is 2.93 bits per heavy atom. The Balaban J connectivity index is 1.61. The van der Waals surface area contributed by atoms with E-state index >= 15 is 0 Å². The van der Waals surface area contributed by atoms with Crippen LogP contribution >= 0.6 is 0 Å². The van der Waals surface area contributed by atoms with Gasteiger partial charge in [0.25, 0.3) is 0 Å². The van der Waals surface area contributed by atoms with Gasteiger partial charge in [-0.15, -0.1) is 0 Å². The van der Waals surface area contributed by atoms with Crippen LogP contribution in [-0.2, 0) is 16.1 Å². The molecule has 7 heteroatoms. The number of anilines is 1. The molecule has 0 spiro atoms. The Bertz CT molecular complexity index is 830. The molecular weight excluding hydrogens is 346 g/mol. The maximum absolute atomic E-state index is 12.6. The minimum Gasteiger partial charge on any atom is -0.465 e. The van der Waals surface area contributed by atoms with Crippen LogP contribution in [0.2, 0.25) is 0 Å². The third-order valence-electron chi connectivity index (χ3n) is 4.77. The molecule has 2 aromatic rings. The monoisotopic (exact) mass is 371 g/mol. The van der Waals surface area contributed by atoms with Gasteiger partial charge in [-0.05, 0) is 51.4 Å². The number of carbonyl (C=O) groups excluding carboxylic acids is 2. The van der Waals surface area contributed by atoms with Gasteiger partial charge in [-0.1, -0.05) is 6.07 Å². The van der Waals surface area contributed by atoms with Crippen molar-refractivity contribution in [3.63, 3.8) is 0 Å². The molecule has 0 radical (unpaired) electrons. The smallest absolute Gasteiger partial charge is 0.341 e. The summed E-state index contributed by atoms with van der Waals surface area (Å²) in [5.41, 5.74) is 1.32. The van der Waals surface area contributed by atoms with Crippen molar-refractivity contribution in [2.45, 2.75) is 33.2 Å². The highest BCUT2D eigenvalue weighted by Gasteiger charge is 2.27. The zero-order valence-corrected chi connectivity index (χ0v) is 15.9. The fraction of sp³-hybridized carbons (Fsp3) is 0.450. The number of pyridine rings is 1. The van der Waals surface area contributed by atoms with E-state index in [1.165, 1.54) is 7.11 Å². The van der Waals surface area contributed by atoms with Gasteiger partial charge >= 0.3 is 5.97 Å². The predicted molar refractivity (Wildman–Crippen MR) is 100 cm³/mol. The second-order valence-electron chi connectivity index (χ2n) is 6.90. The molecule has 1 N–H and O–H groups in total. The topological polar surface area (TPSA) is 84.7 Å². The van der Waals surface area contributed by atoms with Crippen molar-refractivity contribution in [1.82, 2.24) is 9.88 Å². The Morgan fingerprint density at radius 2 is 2.19 bits per heavy atom. The lowest BCUT2D eigenvalue weighted by Crippen LogP contribution is -2.40. The van der Waals surface area contributed by atoms with Crippen molar-refractivity contribution >= 4 is 17.7 Å². The van der Waals surface area contributed by atoms with Crippen LogP contribution in [0.5, 0.6) is 0 Å². The largest absolute Gasteiger partial charge is 0.465 e. The number of amides is 1. The van der Waals surface area contributed by atoms with Gasteiger partial charge in [0, 0.05) is 12.2 Å². The molecule has 2 aromatic heterocycles. The second kappa shape index (κ2) is 8.35. The summed E-state index contributed by atoms with van der Waals surface area (Å²) in [6.07, 6.45) is 1.78. The first-order chi connectivity index (χ1) is 13.0. The summed E-state index contributed by atoms with van der Waals surface area (Å²) in [6.45, 7) is 5.73. The highest BCUT2D eigenvalue weighted by atomic mass is 16.5. The third-order valence-corrected chi connectivity index (χ3v) is 4.77. The van der Waals surface area contributed by atoms with Crippen LogP contribution in [0.1, 0.15) is 40.4 Å². The standard InChI is InChI=1S/C20H25N3O4/c1-13-6-4-8-18(21-13)22-19(24)15-7-5-9-23(11-15)12-16-10-17(14(2)27-16)20(25)26-3/h4,6,8,10,15H,5,7,9,11-12H2,1-3H3,(H,21,22,24). The zero-order chi connectivity index (χ0) is 19.4. The minimum absolute atomic E-state index is 0.0105. The first kappa shape index (κ1) is 19.1. The van der Waals surface area contributed by atoms with Crippen LogP contribution in [0.15, 0.2) is 28.7 Å². The Morgan fingerprint density at radius 1 is 1.37 bits per heavy atom. The van der Waals surface area contributed by atoms with Gasteiger partial charge in [-0.3, -0.25) is 9.69 Å². The van der Waals surface area contributed by atoms with E-state index in [4.69, 9.17) is 9.15 Å². The number of methoxy groups -OCH3 is 1. The number of carbonyl (C=O) groups is 2. The SMILES string of the molecule is COC(=O)c1cc(CN2CCCC(C(=O)Nc3cccc(C)n3)C2)oc1C. The first-order valence-corrected chi connectivity index (χ1v) is 9.10. The van der Waals surface area contributed by atoms with Crippen molar-refractivity contribution in [1.29, 1.82) is 0 Å². The maximum atomic E-state index is 12.6. The lowest BCUT2D eigenvalue weighted by molar-refractivity contribution is -0.121. The van der Waals surface area contributed by atoms with E-state index in [1.807, 2.05) is 19.1 Å². The molecule has 27 heavy (non-hydrogen) atoms. The van der Waals surface area contributed by atoms with Gasteiger partial charge in [0.15, 0.2) is 0 Å². The predicted octanol–water partition coefficient (Wildman–Crippen LogP) is 2.93. The maximum Gasteiger partial charge on any atom is 0.341 e. The molecule has 1 aliphatic heterocycles. The number of aryl methyl sites for hydroxylation is 2. The van der Waals surface area contributed by atoms with Crippen LogP contribution in [-0.4, -0.2) is 42.0 Å². The fourth-order valence-electron chi connectivity index (χ4n) is 3.41. The molecule has 144 valence electrons. The molecule has 1 fully saturated rings. The Labute approximate surface area is 158 Å². The summed E-state index contributed by atoms with van der Waals surface area (Å²) >= 11 is 0. The summed E-state index contributed by atoms with van der Waals surface area (Å²) in [7, 11) is 1.35. The van der Waals surface area contributed by atoms with E-state index in [-0.39, 0.29) is 11.8 Å². The molecule has 3 rings (SSSR count). The number of hydrogen-bond donors (Lipinski definition) is 1. The van der Waals surface area contributed by atoms with E-state index in [9.17, 15) is 9.59 Å². The fourth-order valence-corrected chi connectivity index (χ4v) is 3.41. The van der Waals surface area contributed by atoms with Crippen molar-refractivity contribution in [2.24, 2.45) is 5.92 Å². The number of piperidine rings is 1. The van der Waals surface area contributed by atoms with Crippen LogP contribution < -0.4 is 5.32 Å². The normalized spacial score (nSPS) is 17.5. The average molecular weight is 371 g/mol. The van der Waals surface area contributed by atoms with Crippen molar-refractivity contribution in [2.75, 3.05) is 25.5 Å². The summed E-state index contributed by atoms with van der Waals surface area (Å²) in [5, 5.41) is 2.91. The van der Waals surface area contributed by atoms with E-state index in [0.29, 0.717) is 36.0 Å². The van der Waals surface area contributed by atoms with Crippen LogP contribution in [0.4, 0.5) is 5.82 Å². The lowest BCUT2D eigenvalue weighted by atomic mass is 9.97. The summed E-state index contributed by atoms with van der Waals surface area (Å²) < 4.78 is 10.5. The minimum atomic E-state index is -0.399. The molecule has 1 saturated heterocycles. The highest BCUT2D eigenvalue weighted by molar-refractivity contribution is 5.92. The van der Waals surface area contributed by atoms with Crippen molar-refractivity contribution in [3.05, 3.63) is 47.0 Å². The number of hydrogen-bond acceptors (Lipinski definition) is 6. The number of likely N-dealkylation sites (tertiary alicyclic amines) is 1. The molecule has 1 atom stereocenters. The molecule has 0 saturated carbocycles. The number of nitrogens with one attached hydrogen (secondary N) is 1. The molecule has 1 aliphatic rings. The average Bonchev–Trinajstić information content (AvgIpc) is 3.01. The summed E-state index contributed by atoms with van der Waals surface area (Å²) in [6, 6.07) is 7.29. The molecule has 3 heterocycles. The molecule has 0 aromatic carbocycles. The third kappa shape index (κ3) is 4.74. The van der Waals surface area contributed by atoms with Crippen LogP contribution in [0.25, 0.3) is 0 Å². The van der Waals surface area contributed by atoms with Gasteiger partial charge in [0.1, 0.15) is 22.9 Å². The second-order valence-corrected chi connectivity index (χ2v) is 6.90. The van der Waals surface area contributed by atoms with Crippen molar-refractivity contribution in [3.8, 4) is 0 Å². The molecular formula is C20H25N3O4. The number of esters is 1. The first-order valence-electron chi connectivity index (χ1n) is 9.10. The van der Waals surface area contributed by atoms with Gasteiger partial charge in [-0.25, -0.2) is 9.78 Å². The quantitative estimate of drug-likeness (QED) is 0.814. The van der Waals surface area contributed by atoms with E-state index in [0.717, 1.165) is 25.1 Å². The van der Waals surface area contributed by atoms with Gasteiger partial charge < -0.3 is 14.5 Å². The Kier molecular flexibility index (Phi) is 5.91. The van der Waals surface area contributed by atoms with Gasteiger partial charge in [-0.2, -0.15) is 0 Å². The number of ether oxygens (including phenoxy) is 1. The molecule has 1 amide bonds. The number of aromatic nitrogens is 1. The molecule has 0 aliphatic carbocycles. The Hall–Kier alpha value is -2.67. The van der Waals surface area contributed by atoms with E-state index in [1.54, 1.807) is 19.1 Å². The van der Waals surface area contributed by atoms with Crippen LogP contribution in [0, 0.1) is 19.8 Å². The number of furan rings is 1. The van der Waals surface area contributed by atoms with Gasteiger partial charge in [0.2, 0.25) is 5.91 Å². The van der Waals surface area contributed by atoms with E-state index in [2.05, 4.69) is 15.2 Å². The zero-order valence-electron chi connectivity index (χ0n) is 15.9. The van der Waals surface area contributed by atoms with E-state index < -0.39 is 5.97 Å². The van der Waals surface area contributed by atoms with Crippen molar-refractivity contribution < 1.29 is 18.7 Å². The molecule has 1 unspecified atom stereocenters. The molecule has 7 nitrogen and oxygen atoms in total. The highest BCUT2D eigenvalue weighted by Crippen LogP contribution is 2.22. The summed E-state index contributed by atoms with van der Waals surface area (Å²) in [5.74, 6) is 1.33. The molecule has 0 bridgehead atoms.